The summed E-state index contributed by atoms with van der Waals surface area (Å²) in [5.41, 5.74) is 6.31. The zero-order valence-corrected chi connectivity index (χ0v) is 10.9. The number of benzene rings is 1. The molecule has 0 spiro atoms. The van der Waals surface area contributed by atoms with Crippen LogP contribution in [0.25, 0.3) is 11.4 Å². The van der Waals surface area contributed by atoms with E-state index in [9.17, 15) is 0 Å². The van der Waals surface area contributed by atoms with Gasteiger partial charge in [0.25, 0.3) is 0 Å². The number of halogens is 2. The van der Waals surface area contributed by atoms with Gasteiger partial charge in [-0.2, -0.15) is 4.98 Å². The fourth-order valence-corrected chi connectivity index (χ4v) is 1.71. The molecular weight excluding hydrogens is 309 g/mol. The zero-order chi connectivity index (χ0) is 12.4. The van der Waals surface area contributed by atoms with E-state index in [0.717, 1.165) is 10.0 Å². The second-order valence-electron chi connectivity index (χ2n) is 3.37. The van der Waals surface area contributed by atoms with Gasteiger partial charge in [-0.05, 0) is 34.1 Å². The van der Waals surface area contributed by atoms with Gasteiger partial charge in [0.2, 0.25) is 11.7 Å². The van der Waals surface area contributed by atoms with Crippen molar-refractivity contribution in [3.63, 3.8) is 0 Å². The summed E-state index contributed by atoms with van der Waals surface area (Å²) in [5.74, 6) is 0.606. The molecule has 3 N–H and O–H groups in total. The Morgan fingerprint density at radius 1 is 1.53 bits per heavy atom. The maximum Gasteiger partial charge on any atom is 0.246 e. The van der Waals surface area contributed by atoms with Crippen LogP contribution in [0.5, 0.6) is 0 Å². The number of aromatic nitrogens is 2. The standard InChI is InChI=1S/C10H9BrClN3O2/c11-6-3-5(1-2-7(6)12)9-14-10(17-15-9)8(13)4-16/h1-3,8,16H,4,13H2/t8-/m1/s1. The molecule has 0 saturated heterocycles. The van der Waals surface area contributed by atoms with Gasteiger partial charge in [-0.15, -0.1) is 0 Å². The molecule has 7 heteroatoms. The molecule has 0 aliphatic carbocycles. The van der Waals surface area contributed by atoms with Crippen LogP contribution in [0.3, 0.4) is 0 Å². The van der Waals surface area contributed by atoms with Crippen LogP contribution in [0, 0.1) is 0 Å². The highest BCUT2D eigenvalue weighted by Crippen LogP contribution is 2.27. The van der Waals surface area contributed by atoms with Gasteiger partial charge in [0.05, 0.1) is 11.6 Å². The van der Waals surface area contributed by atoms with Crippen molar-refractivity contribution in [1.29, 1.82) is 0 Å². The molecule has 1 atom stereocenters. The largest absolute Gasteiger partial charge is 0.394 e. The lowest BCUT2D eigenvalue weighted by Crippen LogP contribution is -2.14. The Bertz CT molecular complexity index is 532. The Balaban J connectivity index is 2.33. The summed E-state index contributed by atoms with van der Waals surface area (Å²) in [6.07, 6.45) is 0. The second-order valence-corrected chi connectivity index (χ2v) is 4.64. The summed E-state index contributed by atoms with van der Waals surface area (Å²) in [4.78, 5) is 4.10. The molecule has 0 radical (unpaired) electrons. The van der Waals surface area contributed by atoms with E-state index >= 15 is 0 Å². The average Bonchev–Trinajstić information content (AvgIpc) is 2.81. The van der Waals surface area contributed by atoms with Crippen LogP contribution < -0.4 is 5.73 Å². The molecule has 1 aromatic carbocycles. The molecule has 2 aromatic rings. The summed E-state index contributed by atoms with van der Waals surface area (Å²) in [6, 6.07) is 4.61. The van der Waals surface area contributed by atoms with E-state index in [1.54, 1.807) is 18.2 Å². The van der Waals surface area contributed by atoms with Gasteiger partial charge in [-0.25, -0.2) is 0 Å². The average molecular weight is 319 g/mol. The lowest BCUT2D eigenvalue weighted by Gasteiger charge is -1.99. The van der Waals surface area contributed by atoms with E-state index < -0.39 is 6.04 Å². The van der Waals surface area contributed by atoms with Crippen molar-refractivity contribution in [2.45, 2.75) is 6.04 Å². The Labute approximate surface area is 111 Å². The van der Waals surface area contributed by atoms with Gasteiger partial charge in [0, 0.05) is 10.0 Å². The second kappa shape index (κ2) is 5.14. The minimum atomic E-state index is -0.660. The fourth-order valence-electron chi connectivity index (χ4n) is 1.22. The van der Waals surface area contributed by atoms with Gasteiger partial charge in [-0.1, -0.05) is 16.8 Å². The Kier molecular flexibility index (Phi) is 3.78. The number of aliphatic hydroxyl groups is 1. The van der Waals surface area contributed by atoms with E-state index in [2.05, 4.69) is 26.1 Å². The number of nitrogens with zero attached hydrogens (tertiary/aromatic N) is 2. The molecule has 90 valence electrons. The first-order valence-corrected chi connectivity index (χ1v) is 5.94. The summed E-state index contributed by atoms with van der Waals surface area (Å²) in [6.45, 7) is -0.244. The maximum atomic E-state index is 8.87. The van der Waals surface area contributed by atoms with E-state index in [4.69, 9.17) is 27.0 Å². The number of rotatable bonds is 3. The topological polar surface area (TPSA) is 85.2 Å². The molecule has 1 heterocycles. The number of hydrogen-bond acceptors (Lipinski definition) is 5. The molecule has 2 rings (SSSR count). The Hall–Kier alpha value is -0.950. The summed E-state index contributed by atoms with van der Waals surface area (Å²) >= 11 is 9.19. The first kappa shape index (κ1) is 12.5. The monoisotopic (exact) mass is 317 g/mol. The predicted octanol–water partition coefficient (Wildman–Crippen LogP) is 2.14. The minimum absolute atomic E-state index is 0.202. The molecule has 0 unspecified atom stereocenters. The highest BCUT2D eigenvalue weighted by atomic mass is 79.9. The lowest BCUT2D eigenvalue weighted by molar-refractivity contribution is 0.237. The minimum Gasteiger partial charge on any atom is -0.394 e. The highest BCUT2D eigenvalue weighted by molar-refractivity contribution is 9.10. The van der Waals surface area contributed by atoms with Gasteiger partial charge in [-0.3, -0.25) is 0 Å². The summed E-state index contributed by atoms with van der Waals surface area (Å²) in [5, 5.41) is 13.3. The van der Waals surface area contributed by atoms with E-state index in [1.165, 1.54) is 0 Å². The molecule has 0 saturated carbocycles. The van der Waals surface area contributed by atoms with Crippen LogP contribution in [0.4, 0.5) is 0 Å². The quantitative estimate of drug-likeness (QED) is 0.905. The van der Waals surface area contributed by atoms with E-state index in [1.807, 2.05) is 0 Å². The molecule has 0 aliphatic rings. The first-order valence-electron chi connectivity index (χ1n) is 4.77. The van der Waals surface area contributed by atoms with Crippen molar-refractivity contribution in [2.24, 2.45) is 5.73 Å². The third kappa shape index (κ3) is 2.66. The van der Waals surface area contributed by atoms with E-state index in [-0.39, 0.29) is 12.5 Å². The molecule has 0 fully saturated rings. The first-order chi connectivity index (χ1) is 8.11. The van der Waals surface area contributed by atoms with Crippen molar-refractivity contribution < 1.29 is 9.63 Å². The van der Waals surface area contributed by atoms with Crippen LogP contribution >= 0.6 is 27.5 Å². The summed E-state index contributed by atoms with van der Waals surface area (Å²) in [7, 11) is 0. The summed E-state index contributed by atoms with van der Waals surface area (Å²) < 4.78 is 5.69. The van der Waals surface area contributed by atoms with Crippen molar-refractivity contribution in [1.82, 2.24) is 10.1 Å². The maximum absolute atomic E-state index is 8.87. The van der Waals surface area contributed by atoms with Crippen molar-refractivity contribution in [2.75, 3.05) is 6.61 Å². The molecular formula is C10H9BrClN3O2. The SMILES string of the molecule is N[C@H](CO)c1nc(-c2ccc(Cl)c(Br)c2)no1. The molecule has 0 bridgehead atoms. The molecule has 5 nitrogen and oxygen atoms in total. The van der Waals surface area contributed by atoms with Gasteiger partial charge in [0.15, 0.2) is 0 Å². The molecule has 0 amide bonds. The smallest absolute Gasteiger partial charge is 0.246 e. The number of hydrogen-bond donors (Lipinski definition) is 2. The Morgan fingerprint density at radius 3 is 2.94 bits per heavy atom. The van der Waals surface area contributed by atoms with Gasteiger partial charge < -0.3 is 15.4 Å². The fraction of sp³-hybridized carbons (Fsp3) is 0.200. The lowest BCUT2D eigenvalue weighted by atomic mass is 10.2. The third-order valence-corrected chi connectivity index (χ3v) is 3.35. The van der Waals surface area contributed by atoms with Crippen LogP contribution in [0.1, 0.15) is 11.9 Å². The van der Waals surface area contributed by atoms with Gasteiger partial charge >= 0.3 is 0 Å². The van der Waals surface area contributed by atoms with Crippen molar-refractivity contribution >= 4 is 27.5 Å². The molecule has 1 aromatic heterocycles. The zero-order valence-electron chi connectivity index (χ0n) is 8.60. The van der Waals surface area contributed by atoms with Gasteiger partial charge in [0.1, 0.15) is 6.04 Å². The number of aliphatic hydroxyl groups excluding tert-OH is 1. The van der Waals surface area contributed by atoms with E-state index in [0.29, 0.717) is 10.8 Å². The highest BCUT2D eigenvalue weighted by Gasteiger charge is 2.15. The van der Waals surface area contributed by atoms with Crippen LogP contribution in [-0.2, 0) is 0 Å². The third-order valence-electron chi connectivity index (χ3n) is 2.13. The molecule has 17 heavy (non-hydrogen) atoms. The van der Waals surface area contributed by atoms with Crippen LogP contribution in [0.15, 0.2) is 27.2 Å². The predicted molar refractivity (Wildman–Crippen MR) is 66.5 cm³/mol. The van der Waals surface area contributed by atoms with Crippen LogP contribution in [0.2, 0.25) is 5.02 Å². The molecule has 0 aliphatic heterocycles. The van der Waals surface area contributed by atoms with Crippen LogP contribution in [-0.4, -0.2) is 21.9 Å². The Morgan fingerprint density at radius 2 is 2.29 bits per heavy atom. The van der Waals surface area contributed by atoms with Crippen molar-refractivity contribution in [3.8, 4) is 11.4 Å². The van der Waals surface area contributed by atoms with Crippen molar-refractivity contribution in [3.05, 3.63) is 33.6 Å². The normalized spacial score (nSPS) is 12.7. The number of nitrogens with two attached hydrogens (primary N) is 1.